The number of anilines is 1. The van der Waals surface area contributed by atoms with Crippen LogP contribution in [0.15, 0.2) is 39.1 Å². The molecule has 1 N–H and O–H groups in total. The monoisotopic (exact) mass is 425 g/mol. The Morgan fingerprint density at radius 1 is 1.52 bits per heavy atom. The molecule has 9 heteroatoms. The molecule has 1 aromatic carbocycles. The Morgan fingerprint density at radius 2 is 2.33 bits per heavy atom. The fourth-order valence-electron chi connectivity index (χ4n) is 2.71. The molecular weight excluding hydrogens is 406 g/mol. The highest BCUT2D eigenvalue weighted by Gasteiger charge is 2.26. The van der Waals surface area contributed by atoms with E-state index >= 15 is 0 Å². The molecule has 0 aliphatic carbocycles. The minimum absolute atomic E-state index is 0.0517. The maximum Gasteiger partial charge on any atom is 0.268 e. The van der Waals surface area contributed by atoms with Gasteiger partial charge >= 0.3 is 0 Å². The second-order valence-electron chi connectivity index (χ2n) is 6.10. The molecule has 0 bridgehead atoms. The number of hydrogen-bond donors (Lipinski definition) is 1. The summed E-state index contributed by atoms with van der Waals surface area (Å²) in [5.74, 6) is -0.0361. The van der Waals surface area contributed by atoms with Crippen LogP contribution >= 0.6 is 35.1 Å². The Bertz CT molecular complexity index is 904. The molecular formula is C18H20ClN3O3S2. The first-order valence-electron chi connectivity index (χ1n) is 8.45. The van der Waals surface area contributed by atoms with Gasteiger partial charge in [-0.25, -0.2) is 4.98 Å². The Morgan fingerprint density at radius 3 is 3.07 bits per heavy atom. The van der Waals surface area contributed by atoms with E-state index < -0.39 is 0 Å². The number of rotatable bonds is 7. The van der Waals surface area contributed by atoms with E-state index in [4.69, 9.17) is 16.3 Å². The highest BCUT2D eigenvalue weighted by atomic mass is 35.5. The van der Waals surface area contributed by atoms with Gasteiger partial charge in [0.2, 0.25) is 5.91 Å². The van der Waals surface area contributed by atoms with Crippen LogP contribution < -0.4 is 10.9 Å². The molecule has 1 aliphatic rings. The first-order chi connectivity index (χ1) is 13.0. The van der Waals surface area contributed by atoms with Gasteiger partial charge in [0.05, 0.1) is 29.5 Å². The van der Waals surface area contributed by atoms with Crippen LogP contribution in [-0.2, 0) is 22.5 Å². The largest absolute Gasteiger partial charge is 0.383 e. The number of ether oxygens (including phenoxy) is 1. The van der Waals surface area contributed by atoms with Crippen molar-refractivity contribution >= 4 is 46.7 Å². The molecule has 0 spiro atoms. The van der Waals surface area contributed by atoms with Crippen LogP contribution in [0.2, 0.25) is 5.02 Å². The van der Waals surface area contributed by atoms with E-state index in [2.05, 4.69) is 17.2 Å². The highest BCUT2D eigenvalue weighted by Crippen LogP contribution is 2.34. The van der Waals surface area contributed by atoms with Gasteiger partial charge in [-0.3, -0.25) is 14.2 Å². The standard InChI is InChI=1S/C18H20ClN3O3S2/c1-11-8-14-16(27-11)17(24)22(6-7-25-2)18(21-14)26-10-15(23)20-13-5-3-4-12(19)9-13/h3-5,9,11H,6-8,10H2,1-2H3,(H,20,23)/t11-/m1/s1. The Hall–Kier alpha value is -1.48. The fraction of sp³-hybridized carbons (Fsp3) is 0.389. The molecule has 6 nitrogen and oxygen atoms in total. The van der Waals surface area contributed by atoms with E-state index in [1.807, 2.05) is 0 Å². The lowest BCUT2D eigenvalue weighted by atomic mass is 10.2. The second kappa shape index (κ2) is 9.14. The van der Waals surface area contributed by atoms with Crippen LogP contribution in [0.5, 0.6) is 0 Å². The number of carbonyl (C=O) groups is 1. The van der Waals surface area contributed by atoms with Crippen molar-refractivity contribution in [1.82, 2.24) is 9.55 Å². The molecule has 0 radical (unpaired) electrons. The number of halogens is 1. The van der Waals surface area contributed by atoms with Crippen molar-refractivity contribution < 1.29 is 9.53 Å². The van der Waals surface area contributed by atoms with E-state index in [1.165, 1.54) is 11.8 Å². The van der Waals surface area contributed by atoms with Crippen molar-refractivity contribution in [3.8, 4) is 0 Å². The van der Waals surface area contributed by atoms with Crippen molar-refractivity contribution in [3.05, 3.63) is 45.3 Å². The zero-order valence-corrected chi connectivity index (χ0v) is 17.4. The van der Waals surface area contributed by atoms with Crippen molar-refractivity contribution in [2.75, 3.05) is 24.8 Å². The Balaban J connectivity index is 1.75. The van der Waals surface area contributed by atoms with Crippen LogP contribution in [0.3, 0.4) is 0 Å². The van der Waals surface area contributed by atoms with Crippen LogP contribution in [-0.4, -0.2) is 40.2 Å². The molecule has 1 aromatic heterocycles. The first kappa shape index (κ1) is 20.3. The summed E-state index contributed by atoms with van der Waals surface area (Å²) >= 11 is 8.75. The summed E-state index contributed by atoms with van der Waals surface area (Å²) in [6.45, 7) is 2.89. The summed E-state index contributed by atoms with van der Waals surface area (Å²) in [6.07, 6.45) is 0.766. The van der Waals surface area contributed by atoms with Gasteiger partial charge in [0.1, 0.15) is 0 Å². The molecule has 2 heterocycles. The van der Waals surface area contributed by atoms with Gasteiger partial charge in [-0.1, -0.05) is 36.4 Å². The van der Waals surface area contributed by atoms with Gasteiger partial charge in [-0.2, -0.15) is 0 Å². The van der Waals surface area contributed by atoms with Gasteiger partial charge in [0.15, 0.2) is 5.16 Å². The molecule has 144 valence electrons. The predicted octanol–water partition coefficient (Wildman–Crippen LogP) is 3.31. The summed E-state index contributed by atoms with van der Waals surface area (Å²) in [5.41, 5.74) is 1.41. The van der Waals surface area contributed by atoms with Crippen LogP contribution in [0.25, 0.3) is 0 Å². The molecule has 1 aliphatic heterocycles. The third-order valence-electron chi connectivity index (χ3n) is 3.92. The van der Waals surface area contributed by atoms with Gasteiger partial charge in [-0.05, 0) is 18.2 Å². The molecule has 0 saturated carbocycles. The normalized spacial score (nSPS) is 15.6. The molecule has 0 unspecified atom stereocenters. The number of amides is 1. The lowest BCUT2D eigenvalue weighted by molar-refractivity contribution is -0.113. The van der Waals surface area contributed by atoms with E-state index in [0.717, 1.165) is 12.1 Å². The number of fused-ring (bicyclic) bond motifs is 1. The van der Waals surface area contributed by atoms with Gasteiger partial charge < -0.3 is 10.1 Å². The maximum atomic E-state index is 12.8. The number of aromatic nitrogens is 2. The van der Waals surface area contributed by atoms with Crippen LogP contribution in [0.1, 0.15) is 12.6 Å². The van der Waals surface area contributed by atoms with Gasteiger partial charge in [-0.15, -0.1) is 11.8 Å². The Labute approximate surface area is 171 Å². The molecule has 27 heavy (non-hydrogen) atoms. The maximum absolute atomic E-state index is 12.8. The van der Waals surface area contributed by atoms with Crippen molar-refractivity contribution in [2.24, 2.45) is 0 Å². The average molecular weight is 426 g/mol. The molecule has 1 atom stereocenters. The zero-order chi connectivity index (χ0) is 19.4. The minimum atomic E-state index is -0.182. The summed E-state index contributed by atoms with van der Waals surface area (Å²) in [4.78, 5) is 30.5. The smallest absolute Gasteiger partial charge is 0.268 e. The molecule has 1 amide bonds. The third kappa shape index (κ3) is 5.07. The lowest BCUT2D eigenvalue weighted by Gasteiger charge is -2.13. The van der Waals surface area contributed by atoms with E-state index in [0.29, 0.717) is 39.2 Å². The number of benzene rings is 1. The summed E-state index contributed by atoms with van der Waals surface area (Å²) in [6, 6.07) is 6.97. The predicted molar refractivity (Wildman–Crippen MR) is 110 cm³/mol. The van der Waals surface area contributed by atoms with Crippen molar-refractivity contribution in [2.45, 2.75) is 35.2 Å². The molecule has 3 rings (SSSR count). The lowest BCUT2D eigenvalue weighted by Crippen LogP contribution is -2.27. The zero-order valence-electron chi connectivity index (χ0n) is 15.0. The van der Waals surface area contributed by atoms with Gasteiger partial charge in [0, 0.05) is 29.5 Å². The summed E-state index contributed by atoms with van der Waals surface area (Å²) in [5, 5.41) is 4.24. The van der Waals surface area contributed by atoms with E-state index in [1.54, 1.807) is 47.7 Å². The molecule has 0 fully saturated rings. The van der Waals surface area contributed by atoms with E-state index in [9.17, 15) is 9.59 Å². The summed E-state index contributed by atoms with van der Waals surface area (Å²) in [7, 11) is 1.59. The SMILES string of the molecule is COCCn1c(SCC(=O)Nc2cccc(Cl)c2)nc2c(c1=O)S[C@H](C)C2. The number of nitrogens with one attached hydrogen (secondary N) is 1. The van der Waals surface area contributed by atoms with Crippen molar-refractivity contribution in [3.63, 3.8) is 0 Å². The number of carbonyl (C=O) groups excluding carboxylic acids is 1. The quantitative estimate of drug-likeness (QED) is 0.542. The highest BCUT2D eigenvalue weighted by molar-refractivity contribution is 8.00. The average Bonchev–Trinajstić information content (AvgIpc) is 3.00. The van der Waals surface area contributed by atoms with Gasteiger partial charge in [0.25, 0.3) is 5.56 Å². The number of hydrogen-bond acceptors (Lipinski definition) is 6. The number of nitrogens with zero attached hydrogens (tertiary/aromatic N) is 2. The first-order valence-corrected chi connectivity index (χ1v) is 10.7. The molecule has 0 saturated heterocycles. The van der Waals surface area contributed by atoms with Crippen LogP contribution in [0, 0.1) is 0 Å². The second-order valence-corrected chi connectivity index (χ2v) is 8.93. The molecule has 2 aromatic rings. The fourth-order valence-corrected chi connectivity index (χ4v) is 4.86. The van der Waals surface area contributed by atoms with Crippen molar-refractivity contribution in [1.29, 1.82) is 0 Å². The third-order valence-corrected chi connectivity index (χ3v) is 6.35. The Kier molecular flexibility index (Phi) is 6.86. The number of methoxy groups -OCH3 is 1. The topological polar surface area (TPSA) is 73.2 Å². The minimum Gasteiger partial charge on any atom is -0.383 e. The number of thioether (sulfide) groups is 2. The van der Waals surface area contributed by atoms with Crippen LogP contribution in [0.4, 0.5) is 5.69 Å². The summed E-state index contributed by atoms with van der Waals surface area (Å²) < 4.78 is 6.72. The van der Waals surface area contributed by atoms with E-state index in [-0.39, 0.29) is 17.2 Å².